The van der Waals surface area contributed by atoms with Crippen LogP contribution in [0.4, 0.5) is 0 Å². The van der Waals surface area contributed by atoms with Crippen LogP contribution in [-0.2, 0) is 7.05 Å². The van der Waals surface area contributed by atoms with Gasteiger partial charge in [0.05, 0.1) is 24.2 Å². The summed E-state index contributed by atoms with van der Waals surface area (Å²) in [5, 5.41) is 0. The zero-order chi connectivity index (χ0) is 20.1. The van der Waals surface area contributed by atoms with Gasteiger partial charge in [0.25, 0.3) is 0 Å². The van der Waals surface area contributed by atoms with Gasteiger partial charge in [-0.05, 0) is 37.1 Å². The van der Waals surface area contributed by atoms with Crippen molar-refractivity contribution in [2.75, 3.05) is 13.2 Å². The van der Waals surface area contributed by atoms with Crippen molar-refractivity contribution in [1.82, 2.24) is 14.1 Å². The van der Waals surface area contributed by atoms with Gasteiger partial charge in [-0.2, -0.15) is 4.98 Å². The van der Waals surface area contributed by atoms with Crippen LogP contribution in [-0.4, -0.2) is 27.3 Å². The van der Waals surface area contributed by atoms with Crippen molar-refractivity contribution in [2.45, 2.75) is 39.5 Å². The summed E-state index contributed by atoms with van der Waals surface area (Å²) in [6.07, 6.45) is 3.95. The number of aromatic nitrogens is 3. The van der Waals surface area contributed by atoms with Crippen LogP contribution in [0.5, 0.6) is 11.8 Å². The number of fused-ring (bicyclic) bond motifs is 1. The number of ether oxygens (including phenoxy) is 2. The quantitative estimate of drug-likeness (QED) is 0.440. The highest BCUT2D eigenvalue weighted by molar-refractivity contribution is 9.10. The van der Waals surface area contributed by atoms with Crippen molar-refractivity contribution < 1.29 is 9.47 Å². The van der Waals surface area contributed by atoms with Gasteiger partial charge in [-0.1, -0.05) is 42.6 Å². The number of rotatable bonds is 9. The summed E-state index contributed by atoms with van der Waals surface area (Å²) in [5.74, 6) is 0.930. The van der Waals surface area contributed by atoms with Crippen molar-refractivity contribution in [1.29, 1.82) is 0 Å². The Morgan fingerprint density at radius 3 is 2.43 bits per heavy atom. The fourth-order valence-corrected chi connectivity index (χ4v) is 3.30. The third-order valence-corrected chi connectivity index (χ3v) is 5.05. The van der Waals surface area contributed by atoms with E-state index in [-0.39, 0.29) is 5.69 Å². The summed E-state index contributed by atoms with van der Waals surface area (Å²) in [6.45, 7) is 5.37. The first-order valence-corrected chi connectivity index (χ1v) is 10.5. The second-order valence-corrected chi connectivity index (χ2v) is 7.60. The smallest absolute Gasteiger partial charge is 0.333 e. The topological polar surface area (TPSA) is 58.3 Å². The molecule has 0 amide bonds. The summed E-state index contributed by atoms with van der Waals surface area (Å²) >= 11 is 3.47. The minimum atomic E-state index is -0.144. The molecule has 0 bridgehead atoms. The molecule has 28 heavy (non-hydrogen) atoms. The monoisotopic (exact) mass is 447 g/mol. The Balaban J connectivity index is 2.08. The molecule has 150 valence electrons. The van der Waals surface area contributed by atoms with Crippen LogP contribution in [0.2, 0.25) is 0 Å². The van der Waals surface area contributed by atoms with Gasteiger partial charge >= 0.3 is 5.69 Å². The molecule has 0 aliphatic rings. The lowest BCUT2D eigenvalue weighted by atomic mass is 10.3. The molecule has 0 N–H and O–H groups in total. The predicted octanol–water partition coefficient (Wildman–Crippen LogP) is 4.84. The molecule has 2 heterocycles. The fourth-order valence-electron chi connectivity index (χ4n) is 2.95. The fraction of sp³-hybridized carbons (Fsp3) is 0.429. The van der Waals surface area contributed by atoms with Gasteiger partial charge in [-0.15, -0.1) is 0 Å². The van der Waals surface area contributed by atoms with E-state index in [1.165, 1.54) is 0 Å². The van der Waals surface area contributed by atoms with E-state index in [0.717, 1.165) is 41.2 Å². The van der Waals surface area contributed by atoms with Gasteiger partial charge in [0.15, 0.2) is 0 Å². The summed E-state index contributed by atoms with van der Waals surface area (Å²) in [4.78, 5) is 17.5. The molecule has 0 radical (unpaired) electrons. The van der Waals surface area contributed by atoms with Crippen LogP contribution in [0.3, 0.4) is 0 Å². The van der Waals surface area contributed by atoms with Crippen molar-refractivity contribution >= 4 is 27.0 Å². The molecule has 1 aromatic carbocycles. The van der Waals surface area contributed by atoms with Crippen LogP contribution < -0.4 is 15.2 Å². The lowest BCUT2D eigenvalue weighted by molar-refractivity contribution is 0.272. The summed E-state index contributed by atoms with van der Waals surface area (Å²) in [7, 11) is 1.76. The SMILES string of the molecule is CCCCOc1ccc(-n2c(=O)n(C)c3cc(Br)ccc32)c(OCCCC)n1. The lowest BCUT2D eigenvalue weighted by Crippen LogP contribution is -2.21. The van der Waals surface area contributed by atoms with Gasteiger partial charge in [-0.25, -0.2) is 4.79 Å². The molecular weight excluding hydrogens is 422 g/mol. The second-order valence-electron chi connectivity index (χ2n) is 6.69. The maximum Gasteiger partial charge on any atom is 0.333 e. The Morgan fingerprint density at radius 1 is 1.00 bits per heavy atom. The number of nitrogens with zero attached hydrogens (tertiary/aromatic N) is 3. The Hall–Kier alpha value is -2.28. The zero-order valence-electron chi connectivity index (χ0n) is 16.6. The molecule has 6 nitrogen and oxygen atoms in total. The first kappa shape index (κ1) is 20.5. The minimum absolute atomic E-state index is 0.144. The first-order chi connectivity index (χ1) is 13.6. The first-order valence-electron chi connectivity index (χ1n) is 9.70. The van der Waals surface area contributed by atoms with Gasteiger partial charge in [-0.3, -0.25) is 9.13 Å². The van der Waals surface area contributed by atoms with Crippen molar-refractivity contribution in [3.63, 3.8) is 0 Å². The highest BCUT2D eigenvalue weighted by Crippen LogP contribution is 2.28. The molecule has 0 aliphatic heterocycles. The molecule has 3 rings (SSSR count). The predicted molar refractivity (Wildman–Crippen MR) is 115 cm³/mol. The number of hydrogen-bond donors (Lipinski definition) is 0. The zero-order valence-corrected chi connectivity index (χ0v) is 18.2. The number of hydrogen-bond acceptors (Lipinski definition) is 4. The minimum Gasteiger partial charge on any atom is -0.478 e. The number of unbranched alkanes of at least 4 members (excludes halogenated alkanes) is 2. The van der Waals surface area contributed by atoms with Crippen LogP contribution in [0, 0.1) is 0 Å². The van der Waals surface area contributed by atoms with E-state index in [1.807, 2.05) is 24.3 Å². The number of imidazole rings is 1. The van der Waals surface area contributed by atoms with Gasteiger partial charge < -0.3 is 9.47 Å². The highest BCUT2D eigenvalue weighted by Gasteiger charge is 2.18. The van der Waals surface area contributed by atoms with Crippen LogP contribution in [0.1, 0.15) is 39.5 Å². The van der Waals surface area contributed by atoms with E-state index in [0.29, 0.717) is 30.7 Å². The Kier molecular flexibility index (Phi) is 6.78. The number of aryl methyl sites for hydroxylation is 1. The molecule has 0 atom stereocenters. The molecule has 2 aromatic heterocycles. The normalized spacial score (nSPS) is 11.1. The highest BCUT2D eigenvalue weighted by atomic mass is 79.9. The van der Waals surface area contributed by atoms with Crippen molar-refractivity contribution in [2.24, 2.45) is 7.05 Å². The van der Waals surface area contributed by atoms with E-state index in [2.05, 4.69) is 34.8 Å². The molecule has 0 unspecified atom stereocenters. The Bertz CT molecular complexity index is 1010. The van der Waals surface area contributed by atoms with Crippen LogP contribution in [0.15, 0.2) is 39.6 Å². The molecule has 3 aromatic rings. The molecular formula is C21H26BrN3O3. The van der Waals surface area contributed by atoms with E-state index < -0.39 is 0 Å². The largest absolute Gasteiger partial charge is 0.478 e. The van der Waals surface area contributed by atoms with E-state index in [4.69, 9.17) is 9.47 Å². The van der Waals surface area contributed by atoms with Crippen LogP contribution in [0.25, 0.3) is 16.7 Å². The average molecular weight is 448 g/mol. The maximum atomic E-state index is 13.0. The number of benzene rings is 1. The molecule has 0 spiro atoms. The maximum absolute atomic E-state index is 13.0. The van der Waals surface area contributed by atoms with E-state index in [1.54, 1.807) is 22.2 Å². The van der Waals surface area contributed by atoms with Crippen molar-refractivity contribution in [3.8, 4) is 17.4 Å². The molecule has 0 fully saturated rings. The summed E-state index contributed by atoms with van der Waals surface area (Å²) < 4.78 is 15.9. The second kappa shape index (κ2) is 9.28. The Morgan fingerprint density at radius 2 is 1.71 bits per heavy atom. The lowest BCUT2D eigenvalue weighted by Gasteiger charge is -2.13. The van der Waals surface area contributed by atoms with E-state index in [9.17, 15) is 4.79 Å². The van der Waals surface area contributed by atoms with E-state index >= 15 is 0 Å². The standard InChI is InChI=1S/C21H26BrN3O3/c1-4-6-12-27-19-11-10-17(20(23-19)28-13-7-5-2)25-16-9-8-15(22)14-18(16)24(3)21(25)26/h8-11,14H,4-7,12-13H2,1-3H3. The summed E-state index contributed by atoms with van der Waals surface area (Å²) in [5.41, 5.74) is 2.12. The van der Waals surface area contributed by atoms with Gasteiger partial charge in [0, 0.05) is 17.6 Å². The number of halogens is 1. The molecule has 0 aliphatic carbocycles. The third-order valence-electron chi connectivity index (χ3n) is 4.56. The third kappa shape index (κ3) is 4.24. The van der Waals surface area contributed by atoms with Gasteiger partial charge in [0.1, 0.15) is 5.69 Å². The number of pyridine rings is 1. The van der Waals surface area contributed by atoms with Gasteiger partial charge in [0.2, 0.25) is 11.8 Å². The molecule has 0 saturated heterocycles. The van der Waals surface area contributed by atoms with Crippen molar-refractivity contribution in [3.05, 3.63) is 45.3 Å². The average Bonchev–Trinajstić information content (AvgIpc) is 2.93. The Labute approximate surface area is 173 Å². The molecule has 0 saturated carbocycles. The summed E-state index contributed by atoms with van der Waals surface area (Å²) in [6, 6.07) is 9.41. The van der Waals surface area contributed by atoms with Crippen LogP contribution >= 0.6 is 15.9 Å². The molecule has 7 heteroatoms.